The zero-order valence-electron chi connectivity index (χ0n) is 10.6. The van der Waals surface area contributed by atoms with Gasteiger partial charge >= 0.3 is 0 Å². The van der Waals surface area contributed by atoms with Gasteiger partial charge in [0.15, 0.2) is 0 Å². The van der Waals surface area contributed by atoms with Gasteiger partial charge in [-0.3, -0.25) is 4.79 Å². The summed E-state index contributed by atoms with van der Waals surface area (Å²) in [7, 11) is 0. The topological polar surface area (TPSA) is 49.3 Å². The highest BCUT2D eigenvalue weighted by Gasteiger charge is 2.11. The molecule has 0 bridgehead atoms. The van der Waals surface area contributed by atoms with E-state index in [4.69, 9.17) is 0 Å². The van der Waals surface area contributed by atoms with Gasteiger partial charge in [-0.15, -0.1) is 0 Å². The molecule has 0 saturated heterocycles. The maximum absolute atomic E-state index is 13.0. The van der Waals surface area contributed by atoms with E-state index in [0.29, 0.717) is 6.42 Å². The van der Waals surface area contributed by atoms with Crippen molar-refractivity contribution in [2.45, 2.75) is 6.42 Å². The third kappa shape index (κ3) is 3.54. The molecule has 0 atom stereocenters. The van der Waals surface area contributed by atoms with Crippen LogP contribution < -0.4 is 5.32 Å². The van der Waals surface area contributed by atoms with Crippen molar-refractivity contribution in [1.29, 1.82) is 0 Å². The summed E-state index contributed by atoms with van der Waals surface area (Å²) in [5.41, 5.74) is 0.623. The number of aromatic hydroxyl groups is 1. The molecule has 0 heterocycles. The first-order chi connectivity index (χ1) is 9.56. The molecule has 0 aromatic heterocycles. The zero-order valence-corrected chi connectivity index (χ0v) is 10.6. The first-order valence-corrected chi connectivity index (χ1v) is 6.07. The third-order valence-corrected chi connectivity index (χ3v) is 2.79. The minimum atomic E-state index is -0.599. The summed E-state index contributed by atoms with van der Waals surface area (Å²) in [6.07, 6.45) is 0.444. The molecule has 3 nitrogen and oxygen atoms in total. The SMILES string of the molecule is O=C(NCCc1cccc(F)c1)c1cc(F)ccc1O. The molecule has 0 saturated carbocycles. The number of nitrogens with one attached hydrogen (secondary N) is 1. The van der Waals surface area contributed by atoms with Crippen LogP contribution in [0.25, 0.3) is 0 Å². The second kappa shape index (κ2) is 6.14. The van der Waals surface area contributed by atoms with E-state index in [1.807, 2.05) is 0 Å². The van der Waals surface area contributed by atoms with Crippen LogP contribution in [0.4, 0.5) is 8.78 Å². The number of amides is 1. The van der Waals surface area contributed by atoms with E-state index in [0.717, 1.165) is 23.8 Å². The van der Waals surface area contributed by atoms with E-state index < -0.39 is 11.7 Å². The van der Waals surface area contributed by atoms with Gasteiger partial charge in [-0.1, -0.05) is 12.1 Å². The number of phenols is 1. The van der Waals surface area contributed by atoms with Crippen molar-refractivity contribution in [2.24, 2.45) is 0 Å². The minimum Gasteiger partial charge on any atom is -0.507 e. The van der Waals surface area contributed by atoms with Gasteiger partial charge in [0.25, 0.3) is 5.91 Å². The van der Waals surface area contributed by atoms with Crippen molar-refractivity contribution >= 4 is 5.91 Å². The lowest BCUT2D eigenvalue weighted by molar-refractivity contribution is 0.0951. The average Bonchev–Trinajstić information content (AvgIpc) is 2.41. The Hall–Kier alpha value is -2.43. The molecule has 0 fully saturated rings. The van der Waals surface area contributed by atoms with E-state index in [-0.39, 0.29) is 23.7 Å². The van der Waals surface area contributed by atoms with Crippen LogP contribution in [-0.4, -0.2) is 17.6 Å². The van der Waals surface area contributed by atoms with Crippen molar-refractivity contribution in [1.82, 2.24) is 5.32 Å². The lowest BCUT2D eigenvalue weighted by Crippen LogP contribution is -2.25. The molecular weight excluding hydrogens is 264 g/mol. The molecule has 2 N–H and O–H groups in total. The van der Waals surface area contributed by atoms with Crippen molar-refractivity contribution in [3.8, 4) is 5.75 Å². The Labute approximate surface area is 114 Å². The van der Waals surface area contributed by atoms with Gasteiger partial charge < -0.3 is 10.4 Å². The number of phenolic OH excluding ortho intramolecular Hbond substituents is 1. The molecule has 5 heteroatoms. The maximum atomic E-state index is 13.0. The van der Waals surface area contributed by atoms with E-state index >= 15 is 0 Å². The Morgan fingerprint density at radius 1 is 1.10 bits per heavy atom. The summed E-state index contributed by atoms with van der Waals surface area (Å²) in [6, 6.07) is 9.21. The number of hydrogen-bond acceptors (Lipinski definition) is 2. The van der Waals surface area contributed by atoms with Crippen LogP contribution >= 0.6 is 0 Å². The standard InChI is InChI=1S/C15H13F2NO2/c16-11-3-1-2-10(8-11)6-7-18-15(20)13-9-12(17)4-5-14(13)19/h1-5,8-9,19H,6-7H2,(H,18,20). The Kier molecular flexibility index (Phi) is 4.30. The van der Waals surface area contributed by atoms with E-state index in [1.165, 1.54) is 12.1 Å². The monoisotopic (exact) mass is 277 g/mol. The van der Waals surface area contributed by atoms with Gasteiger partial charge in [-0.25, -0.2) is 8.78 Å². The van der Waals surface area contributed by atoms with Crippen LogP contribution in [0, 0.1) is 11.6 Å². The molecule has 0 aliphatic carbocycles. The molecule has 2 aromatic carbocycles. The second-order valence-corrected chi connectivity index (χ2v) is 4.30. The molecule has 0 aliphatic rings. The summed E-state index contributed by atoms with van der Waals surface area (Å²) in [4.78, 5) is 11.8. The highest BCUT2D eigenvalue weighted by molar-refractivity contribution is 5.96. The lowest BCUT2D eigenvalue weighted by atomic mass is 10.1. The minimum absolute atomic E-state index is 0.121. The molecule has 0 radical (unpaired) electrons. The van der Waals surface area contributed by atoms with Crippen molar-refractivity contribution in [3.05, 3.63) is 65.2 Å². The fourth-order valence-corrected chi connectivity index (χ4v) is 1.80. The fraction of sp³-hybridized carbons (Fsp3) is 0.133. The van der Waals surface area contributed by atoms with Crippen LogP contribution in [0.15, 0.2) is 42.5 Å². The number of rotatable bonds is 4. The van der Waals surface area contributed by atoms with Crippen molar-refractivity contribution in [2.75, 3.05) is 6.54 Å². The zero-order chi connectivity index (χ0) is 14.5. The summed E-state index contributed by atoms with van der Waals surface area (Å²) in [6.45, 7) is 0.262. The average molecular weight is 277 g/mol. The maximum Gasteiger partial charge on any atom is 0.255 e. The molecule has 104 valence electrons. The summed E-state index contributed by atoms with van der Waals surface area (Å²) in [5.74, 6) is -1.79. The quantitative estimate of drug-likeness (QED) is 0.902. The molecule has 0 spiro atoms. The Morgan fingerprint density at radius 2 is 1.85 bits per heavy atom. The van der Waals surface area contributed by atoms with Gasteiger partial charge in [0.2, 0.25) is 0 Å². The summed E-state index contributed by atoms with van der Waals surface area (Å²) < 4.78 is 26.0. The lowest BCUT2D eigenvalue weighted by Gasteiger charge is -2.07. The summed E-state index contributed by atoms with van der Waals surface area (Å²) in [5, 5.41) is 12.0. The van der Waals surface area contributed by atoms with E-state index in [1.54, 1.807) is 12.1 Å². The predicted molar refractivity (Wildman–Crippen MR) is 70.5 cm³/mol. The number of benzene rings is 2. The van der Waals surface area contributed by atoms with Crippen molar-refractivity contribution < 1.29 is 18.7 Å². The van der Waals surface area contributed by atoms with E-state index in [9.17, 15) is 18.7 Å². The van der Waals surface area contributed by atoms with Crippen LogP contribution in [0.3, 0.4) is 0 Å². The van der Waals surface area contributed by atoms with Gasteiger partial charge in [-0.05, 0) is 42.3 Å². The third-order valence-electron chi connectivity index (χ3n) is 2.79. The fourth-order valence-electron chi connectivity index (χ4n) is 1.80. The van der Waals surface area contributed by atoms with Gasteiger partial charge in [-0.2, -0.15) is 0 Å². The Balaban J connectivity index is 1.94. The van der Waals surface area contributed by atoms with Crippen LogP contribution in [0.1, 0.15) is 15.9 Å². The smallest absolute Gasteiger partial charge is 0.255 e. The van der Waals surface area contributed by atoms with E-state index in [2.05, 4.69) is 5.32 Å². The largest absolute Gasteiger partial charge is 0.507 e. The molecular formula is C15H13F2NO2. The number of carbonyl (C=O) groups excluding carboxylic acids is 1. The molecule has 0 unspecified atom stereocenters. The second-order valence-electron chi connectivity index (χ2n) is 4.30. The first-order valence-electron chi connectivity index (χ1n) is 6.07. The van der Waals surface area contributed by atoms with Crippen LogP contribution in [0.5, 0.6) is 5.75 Å². The molecule has 0 aliphatic heterocycles. The number of halogens is 2. The predicted octanol–water partition coefficient (Wildman–Crippen LogP) is 2.64. The van der Waals surface area contributed by atoms with Crippen molar-refractivity contribution in [3.63, 3.8) is 0 Å². The highest BCUT2D eigenvalue weighted by Crippen LogP contribution is 2.17. The molecule has 2 aromatic rings. The number of carbonyl (C=O) groups is 1. The molecule has 20 heavy (non-hydrogen) atoms. The number of hydrogen-bond donors (Lipinski definition) is 2. The molecule has 1 amide bonds. The molecule has 2 rings (SSSR count). The first kappa shape index (κ1) is 14.0. The van der Waals surface area contributed by atoms with Crippen LogP contribution in [-0.2, 0) is 6.42 Å². The summed E-state index contributed by atoms with van der Waals surface area (Å²) >= 11 is 0. The van der Waals surface area contributed by atoms with Gasteiger partial charge in [0.05, 0.1) is 5.56 Å². The normalized spacial score (nSPS) is 10.3. The van der Waals surface area contributed by atoms with Gasteiger partial charge in [0, 0.05) is 6.54 Å². The Morgan fingerprint density at radius 3 is 2.60 bits per heavy atom. The highest BCUT2D eigenvalue weighted by atomic mass is 19.1. The van der Waals surface area contributed by atoms with Crippen LogP contribution in [0.2, 0.25) is 0 Å². The van der Waals surface area contributed by atoms with Gasteiger partial charge in [0.1, 0.15) is 17.4 Å². The Bertz CT molecular complexity index is 629.